The summed E-state index contributed by atoms with van der Waals surface area (Å²) in [6.07, 6.45) is 7.13. The van der Waals surface area contributed by atoms with Crippen LogP contribution in [0, 0.1) is 5.41 Å². The number of amides is 1. The summed E-state index contributed by atoms with van der Waals surface area (Å²) < 4.78 is 0. The van der Waals surface area contributed by atoms with Gasteiger partial charge in [-0.05, 0) is 42.7 Å². The second-order valence-electron chi connectivity index (χ2n) is 6.63. The van der Waals surface area contributed by atoms with Gasteiger partial charge in [-0.1, -0.05) is 32.0 Å². The van der Waals surface area contributed by atoms with Crippen molar-refractivity contribution in [3.8, 4) is 0 Å². The number of rotatable bonds is 5. The van der Waals surface area contributed by atoms with E-state index in [2.05, 4.69) is 48.1 Å². The first kappa shape index (κ1) is 15.1. The number of aromatic amines is 1. The Morgan fingerprint density at radius 3 is 2.77 bits per heavy atom. The van der Waals surface area contributed by atoms with Crippen molar-refractivity contribution in [1.82, 2.24) is 9.88 Å². The molecule has 1 amide bonds. The number of H-pyrrole nitrogens is 1. The Morgan fingerprint density at radius 1 is 1.23 bits per heavy atom. The lowest BCUT2D eigenvalue weighted by Crippen LogP contribution is -2.46. The van der Waals surface area contributed by atoms with Gasteiger partial charge in [0.05, 0.1) is 0 Å². The van der Waals surface area contributed by atoms with Gasteiger partial charge in [0.25, 0.3) is 0 Å². The van der Waals surface area contributed by atoms with E-state index in [0.717, 1.165) is 32.4 Å². The fourth-order valence-corrected chi connectivity index (χ4v) is 3.73. The van der Waals surface area contributed by atoms with Crippen LogP contribution in [0.4, 0.5) is 0 Å². The van der Waals surface area contributed by atoms with Crippen LogP contribution in [0.5, 0.6) is 0 Å². The quantitative estimate of drug-likeness (QED) is 0.885. The van der Waals surface area contributed by atoms with Crippen LogP contribution in [0.15, 0.2) is 30.5 Å². The second kappa shape index (κ2) is 6.15. The summed E-state index contributed by atoms with van der Waals surface area (Å²) >= 11 is 0. The van der Waals surface area contributed by atoms with Crippen molar-refractivity contribution in [3.63, 3.8) is 0 Å². The molecule has 0 aliphatic carbocycles. The Bertz CT molecular complexity index is 654. The van der Waals surface area contributed by atoms with E-state index in [1.54, 1.807) is 0 Å². The number of piperidine rings is 1. The molecule has 2 heterocycles. The Labute approximate surface area is 132 Å². The van der Waals surface area contributed by atoms with E-state index in [-0.39, 0.29) is 0 Å². The summed E-state index contributed by atoms with van der Waals surface area (Å²) in [7, 11) is 0. The molecule has 0 atom stereocenters. The molecular weight excluding hydrogens is 272 g/mol. The maximum absolute atomic E-state index is 12.3. The highest BCUT2D eigenvalue weighted by atomic mass is 16.2. The first-order valence-corrected chi connectivity index (χ1v) is 8.50. The molecule has 3 rings (SSSR count). The van der Waals surface area contributed by atoms with Crippen LogP contribution >= 0.6 is 0 Å². The lowest BCUT2D eigenvalue weighted by atomic mass is 9.75. The van der Waals surface area contributed by atoms with Crippen LogP contribution in [0.2, 0.25) is 0 Å². The van der Waals surface area contributed by atoms with Crippen LogP contribution in [0.1, 0.15) is 45.1 Å². The maximum atomic E-state index is 12.3. The van der Waals surface area contributed by atoms with Crippen molar-refractivity contribution >= 4 is 16.8 Å². The number of fused-ring (bicyclic) bond motifs is 1. The molecule has 1 aromatic heterocycles. The third kappa shape index (κ3) is 2.77. The molecule has 1 N–H and O–H groups in total. The van der Waals surface area contributed by atoms with E-state index in [0.29, 0.717) is 11.3 Å². The topological polar surface area (TPSA) is 36.1 Å². The third-order valence-electron chi connectivity index (χ3n) is 5.57. The zero-order valence-electron chi connectivity index (χ0n) is 13.7. The van der Waals surface area contributed by atoms with Gasteiger partial charge in [-0.15, -0.1) is 0 Å². The van der Waals surface area contributed by atoms with Crippen LogP contribution in [-0.4, -0.2) is 28.9 Å². The normalized spacial score (nSPS) is 18.1. The highest BCUT2D eigenvalue weighted by Crippen LogP contribution is 2.37. The third-order valence-corrected chi connectivity index (χ3v) is 5.57. The summed E-state index contributed by atoms with van der Waals surface area (Å²) in [5.74, 6) is 0.331. The molecular formula is C19H26N2O. The molecule has 3 heteroatoms. The van der Waals surface area contributed by atoms with E-state index in [1.165, 1.54) is 29.3 Å². The number of carbonyl (C=O) groups is 1. The van der Waals surface area contributed by atoms with Gasteiger partial charge in [0.1, 0.15) is 0 Å². The summed E-state index contributed by atoms with van der Waals surface area (Å²) in [5, 5.41) is 1.28. The molecule has 0 spiro atoms. The number of carbonyl (C=O) groups excluding carboxylic acids is 1. The minimum atomic E-state index is 0.331. The molecule has 2 aromatic rings. The van der Waals surface area contributed by atoms with Gasteiger partial charge in [-0.2, -0.15) is 0 Å². The SMILES string of the molecule is CCC1(CC)CCC(=O)N(CCc2c[nH]c3ccccc23)C1. The zero-order chi connectivity index (χ0) is 15.6. The molecule has 1 fully saturated rings. The van der Waals surface area contributed by atoms with E-state index in [4.69, 9.17) is 0 Å². The Hall–Kier alpha value is -1.77. The number of para-hydroxylation sites is 1. The number of nitrogens with one attached hydrogen (secondary N) is 1. The molecule has 1 aliphatic rings. The molecule has 118 valence electrons. The highest BCUT2D eigenvalue weighted by Gasteiger charge is 2.35. The second-order valence-corrected chi connectivity index (χ2v) is 6.63. The molecule has 1 saturated heterocycles. The predicted octanol–water partition coefficient (Wildman–Crippen LogP) is 4.14. The van der Waals surface area contributed by atoms with Gasteiger partial charge in [-0.25, -0.2) is 0 Å². The minimum absolute atomic E-state index is 0.331. The van der Waals surface area contributed by atoms with E-state index < -0.39 is 0 Å². The van der Waals surface area contributed by atoms with Gasteiger partial charge in [0.15, 0.2) is 0 Å². The lowest BCUT2D eigenvalue weighted by molar-refractivity contribution is -0.137. The number of nitrogens with zero attached hydrogens (tertiary/aromatic N) is 1. The van der Waals surface area contributed by atoms with Gasteiger partial charge in [-0.3, -0.25) is 4.79 Å². The van der Waals surface area contributed by atoms with E-state index in [9.17, 15) is 4.79 Å². The summed E-state index contributed by atoms with van der Waals surface area (Å²) in [6.45, 7) is 6.29. The Morgan fingerprint density at radius 2 is 2.00 bits per heavy atom. The predicted molar refractivity (Wildman–Crippen MR) is 90.8 cm³/mol. The first-order valence-electron chi connectivity index (χ1n) is 8.50. The molecule has 0 unspecified atom stereocenters. The Balaban J connectivity index is 1.71. The van der Waals surface area contributed by atoms with Gasteiger partial charge < -0.3 is 9.88 Å². The van der Waals surface area contributed by atoms with Crippen molar-refractivity contribution in [2.75, 3.05) is 13.1 Å². The number of aromatic nitrogens is 1. The summed E-state index contributed by atoms with van der Waals surface area (Å²) in [5.41, 5.74) is 2.83. The molecule has 0 bridgehead atoms. The average molecular weight is 298 g/mol. The number of benzene rings is 1. The van der Waals surface area contributed by atoms with Crippen molar-refractivity contribution in [2.45, 2.75) is 46.0 Å². The van der Waals surface area contributed by atoms with Crippen molar-refractivity contribution in [1.29, 1.82) is 0 Å². The number of likely N-dealkylation sites (tertiary alicyclic amines) is 1. The largest absolute Gasteiger partial charge is 0.361 e. The monoisotopic (exact) mass is 298 g/mol. The van der Waals surface area contributed by atoms with E-state index in [1.807, 2.05) is 6.07 Å². The van der Waals surface area contributed by atoms with Crippen LogP contribution in [0.3, 0.4) is 0 Å². The Kier molecular flexibility index (Phi) is 4.23. The van der Waals surface area contributed by atoms with Crippen LogP contribution < -0.4 is 0 Å². The van der Waals surface area contributed by atoms with Gasteiger partial charge >= 0.3 is 0 Å². The summed E-state index contributed by atoms with van der Waals surface area (Å²) in [4.78, 5) is 17.7. The minimum Gasteiger partial charge on any atom is -0.361 e. The fraction of sp³-hybridized carbons (Fsp3) is 0.526. The highest BCUT2D eigenvalue weighted by molar-refractivity contribution is 5.83. The zero-order valence-corrected chi connectivity index (χ0v) is 13.7. The first-order chi connectivity index (χ1) is 10.7. The van der Waals surface area contributed by atoms with Gasteiger partial charge in [0, 0.05) is 36.6 Å². The van der Waals surface area contributed by atoms with Gasteiger partial charge in [0.2, 0.25) is 5.91 Å². The van der Waals surface area contributed by atoms with Crippen LogP contribution in [-0.2, 0) is 11.2 Å². The number of hydrogen-bond donors (Lipinski definition) is 1. The average Bonchev–Trinajstić information content (AvgIpc) is 2.98. The molecule has 1 aromatic carbocycles. The van der Waals surface area contributed by atoms with Crippen molar-refractivity contribution in [3.05, 3.63) is 36.0 Å². The molecule has 22 heavy (non-hydrogen) atoms. The van der Waals surface area contributed by atoms with Crippen molar-refractivity contribution < 1.29 is 4.79 Å². The number of hydrogen-bond acceptors (Lipinski definition) is 1. The maximum Gasteiger partial charge on any atom is 0.222 e. The van der Waals surface area contributed by atoms with Crippen LogP contribution in [0.25, 0.3) is 10.9 Å². The lowest BCUT2D eigenvalue weighted by Gasteiger charge is -2.42. The van der Waals surface area contributed by atoms with Crippen molar-refractivity contribution in [2.24, 2.45) is 5.41 Å². The van der Waals surface area contributed by atoms with E-state index >= 15 is 0 Å². The molecule has 0 radical (unpaired) electrons. The summed E-state index contributed by atoms with van der Waals surface area (Å²) in [6, 6.07) is 8.38. The molecule has 3 nitrogen and oxygen atoms in total. The molecule has 1 aliphatic heterocycles. The fourth-order valence-electron chi connectivity index (χ4n) is 3.73. The smallest absolute Gasteiger partial charge is 0.222 e. The molecule has 0 saturated carbocycles. The standard InChI is InChI=1S/C19H26N2O/c1-3-19(4-2)11-9-18(22)21(14-19)12-10-15-13-20-17-8-6-5-7-16(15)17/h5-8,13,20H,3-4,9-12,14H2,1-2H3.